The van der Waals surface area contributed by atoms with Gasteiger partial charge >= 0.3 is 0 Å². The van der Waals surface area contributed by atoms with E-state index in [1.54, 1.807) is 6.08 Å². The summed E-state index contributed by atoms with van der Waals surface area (Å²) in [6.07, 6.45) is 1.13. The second-order valence-electron chi connectivity index (χ2n) is 4.15. The van der Waals surface area contributed by atoms with Crippen LogP contribution in [0.4, 0.5) is 0 Å². The largest absolute Gasteiger partial charge is 0.478 e. The summed E-state index contributed by atoms with van der Waals surface area (Å²) in [5.74, 6) is 0.789. The quantitative estimate of drug-likeness (QED) is 0.567. The van der Waals surface area contributed by atoms with Crippen molar-refractivity contribution in [2.75, 3.05) is 0 Å². The van der Waals surface area contributed by atoms with Crippen LogP contribution in [-0.2, 0) is 0 Å². The van der Waals surface area contributed by atoms with Gasteiger partial charge in [-0.25, -0.2) is 0 Å². The van der Waals surface area contributed by atoms with Crippen LogP contribution >= 0.6 is 0 Å². The van der Waals surface area contributed by atoms with Crippen LogP contribution < -0.4 is 4.74 Å². The Morgan fingerprint density at radius 3 is 2.69 bits per heavy atom. The van der Waals surface area contributed by atoms with Gasteiger partial charge in [-0.2, -0.15) is 0 Å². The maximum Gasteiger partial charge on any atom is 0.287 e. The summed E-state index contributed by atoms with van der Waals surface area (Å²) >= 11 is 0. The van der Waals surface area contributed by atoms with Gasteiger partial charge in [0.2, 0.25) is 0 Å². The molecule has 0 radical (unpaired) electrons. The number of nitro groups is 1. The van der Waals surface area contributed by atoms with Gasteiger partial charge in [-0.3, -0.25) is 10.1 Å². The van der Waals surface area contributed by atoms with Crippen LogP contribution in [0.3, 0.4) is 0 Å². The lowest BCUT2D eigenvalue weighted by Gasteiger charge is -2.24. The van der Waals surface area contributed by atoms with Crippen LogP contribution in [0.25, 0.3) is 6.08 Å². The van der Waals surface area contributed by atoms with Crippen molar-refractivity contribution >= 4 is 6.08 Å². The first-order chi connectivity index (χ1) is 7.59. The van der Waals surface area contributed by atoms with Gasteiger partial charge in [-0.15, -0.1) is 0 Å². The molecule has 16 heavy (non-hydrogen) atoms. The Morgan fingerprint density at radius 2 is 2.06 bits per heavy atom. The third-order valence-corrected chi connectivity index (χ3v) is 2.58. The van der Waals surface area contributed by atoms with Crippen molar-refractivity contribution in [1.82, 2.24) is 0 Å². The smallest absolute Gasteiger partial charge is 0.287 e. The Morgan fingerprint density at radius 1 is 1.38 bits per heavy atom. The number of benzene rings is 1. The zero-order chi connectivity index (χ0) is 11.7. The number of hydrogen-bond acceptors (Lipinski definition) is 3. The summed E-state index contributed by atoms with van der Waals surface area (Å²) in [5.41, 5.74) is 0.903. The van der Waals surface area contributed by atoms with Crippen LogP contribution in [0.15, 0.2) is 30.0 Å². The van der Waals surface area contributed by atoms with Crippen molar-refractivity contribution < 1.29 is 9.66 Å². The van der Waals surface area contributed by atoms with Gasteiger partial charge in [0.05, 0.1) is 4.92 Å². The molecule has 0 bridgehead atoms. The highest BCUT2D eigenvalue weighted by Gasteiger charge is 2.33. The molecule has 1 heterocycles. The summed E-state index contributed by atoms with van der Waals surface area (Å²) in [4.78, 5) is 10.6. The molecule has 4 heteroatoms. The van der Waals surface area contributed by atoms with Gasteiger partial charge in [-0.1, -0.05) is 32.0 Å². The van der Waals surface area contributed by atoms with Crippen molar-refractivity contribution in [3.05, 3.63) is 45.6 Å². The van der Waals surface area contributed by atoms with Crippen molar-refractivity contribution in [3.63, 3.8) is 0 Å². The van der Waals surface area contributed by atoms with E-state index >= 15 is 0 Å². The Bertz CT molecular complexity index is 451. The van der Waals surface area contributed by atoms with Crippen LogP contribution in [0.5, 0.6) is 5.75 Å². The molecule has 0 unspecified atom stereocenters. The molecule has 1 aliphatic rings. The van der Waals surface area contributed by atoms with Gasteiger partial charge in [0.25, 0.3) is 5.70 Å². The van der Waals surface area contributed by atoms with E-state index in [9.17, 15) is 10.1 Å². The van der Waals surface area contributed by atoms with E-state index in [2.05, 4.69) is 0 Å². The Balaban J connectivity index is 2.47. The predicted molar refractivity (Wildman–Crippen MR) is 60.7 cm³/mol. The van der Waals surface area contributed by atoms with Gasteiger partial charge < -0.3 is 4.74 Å². The zero-order valence-electron chi connectivity index (χ0n) is 9.21. The van der Waals surface area contributed by atoms with Gasteiger partial charge in [0, 0.05) is 17.6 Å². The number of rotatable bonds is 2. The average molecular weight is 219 g/mol. The van der Waals surface area contributed by atoms with Crippen molar-refractivity contribution in [3.8, 4) is 5.75 Å². The lowest BCUT2D eigenvalue weighted by molar-refractivity contribution is -0.435. The van der Waals surface area contributed by atoms with Crippen molar-refractivity contribution in [2.45, 2.75) is 20.0 Å². The van der Waals surface area contributed by atoms with Gasteiger partial charge in [-0.05, 0) is 6.07 Å². The minimum Gasteiger partial charge on any atom is -0.478 e. The lowest BCUT2D eigenvalue weighted by atomic mass is 9.99. The number of ether oxygens (including phenoxy) is 1. The molecule has 0 saturated heterocycles. The molecule has 0 saturated carbocycles. The summed E-state index contributed by atoms with van der Waals surface area (Å²) < 4.78 is 5.66. The molecule has 1 aromatic rings. The minimum atomic E-state index is -0.468. The highest BCUT2D eigenvalue weighted by molar-refractivity contribution is 5.61. The van der Waals surface area contributed by atoms with E-state index in [4.69, 9.17) is 4.74 Å². The normalized spacial score (nSPS) is 18.7. The molecule has 1 aliphatic heterocycles. The number of para-hydroxylation sites is 1. The first-order valence-corrected chi connectivity index (χ1v) is 5.21. The molecule has 0 N–H and O–H groups in total. The molecule has 1 aromatic carbocycles. The molecule has 4 nitrogen and oxygen atoms in total. The molecule has 0 aromatic heterocycles. The molecule has 2 rings (SSSR count). The molecular formula is C12H13NO3. The van der Waals surface area contributed by atoms with Crippen molar-refractivity contribution in [1.29, 1.82) is 0 Å². The van der Waals surface area contributed by atoms with Gasteiger partial charge in [0.15, 0.2) is 6.10 Å². The topological polar surface area (TPSA) is 52.4 Å². The number of fused-ring (bicyclic) bond motifs is 1. The van der Waals surface area contributed by atoms with Crippen LogP contribution in [-0.4, -0.2) is 11.0 Å². The number of nitrogens with zero attached hydrogens (tertiary/aromatic N) is 1. The standard InChI is InChI=1S/C12H13NO3/c1-8(2)12-10(13(14)15)7-9-5-3-4-6-11(9)16-12/h3-8,12H,1-2H3/t12-/m1/s1. The Kier molecular flexibility index (Phi) is 2.64. The molecule has 1 atom stereocenters. The maximum absolute atomic E-state index is 10.9. The first kappa shape index (κ1) is 10.7. The van der Waals surface area contributed by atoms with E-state index in [-0.39, 0.29) is 16.5 Å². The van der Waals surface area contributed by atoms with Crippen LogP contribution in [0, 0.1) is 16.0 Å². The first-order valence-electron chi connectivity index (χ1n) is 5.21. The number of hydrogen-bond donors (Lipinski definition) is 0. The molecule has 0 amide bonds. The third-order valence-electron chi connectivity index (χ3n) is 2.58. The van der Waals surface area contributed by atoms with E-state index in [0.29, 0.717) is 5.75 Å². The fraction of sp³-hybridized carbons (Fsp3) is 0.333. The highest BCUT2D eigenvalue weighted by atomic mass is 16.6. The monoisotopic (exact) mass is 219 g/mol. The van der Waals surface area contributed by atoms with Crippen LogP contribution in [0.2, 0.25) is 0 Å². The highest BCUT2D eigenvalue weighted by Crippen LogP contribution is 2.32. The lowest BCUT2D eigenvalue weighted by Crippen LogP contribution is -2.31. The van der Waals surface area contributed by atoms with Gasteiger partial charge in [0.1, 0.15) is 5.75 Å². The third kappa shape index (κ3) is 1.78. The van der Waals surface area contributed by atoms with Crippen molar-refractivity contribution in [2.24, 2.45) is 5.92 Å². The SMILES string of the molecule is CC(C)[C@H]1Oc2ccccc2C=C1[N+](=O)[O-]. The molecule has 0 spiro atoms. The second kappa shape index (κ2) is 3.96. The Labute approximate surface area is 93.7 Å². The fourth-order valence-electron chi connectivity index (χ4n) is 1.78. The summed E-state index contributed by atoms with van der Waals surface area (Å²) in [6, 6.07) is 7.35. The van der Waals surface area contributed by atoms with E-state index < -0.39 is 6.10 Å². The van der Waals surface area contributed by atoms with E-state index in [0.717, 1.165) is 5.56 Å². The second-order valence-corrected chi connectivity index (χ2v) is 4.15. The minimum absolute atomic E-state index is 0.0741. The van der Waals surface area contributed by atoms with Crippen LogP contribution in [0.1, 0.15) is 19.4 Å². The summed E-state index contributed by atoms with van der Waals surface area (Å²) in [7, 11) is 0. The fourth-order valence-corrected chi connectivity index (χ4v) is 1.78. The maximum atomic E-state index is 10.9. The summed E-state index contributed by atoms with van der Waals surface area (Å²) in [5, 5.41) is 10.9. The molecule has 84 valence electrons. The van der Waals surface area contributed by atoms with E-state index in [1.807, 2.05) is 38.1 Å². The summed E-state index contributed by atoms with van der Waals surface area (Å²) in [6.45, 7) is 3.83. The van der Waals surface area contributed by atoms with E-state index in [1.165, 1.54) is 0 Å². The molecule has 0 fully saturated rings. The molecule has 0 aliphatic carbocycles. The predicted octanol–water partition coefficient (Wildman–Crippen LogP) is 2.72. The Hall–Kier alpha value is -1.84. The molecular weight excluding hydrogens is 206 g/mol. The zero-order valence-corrected chi connectivity index (χ0v) is 9.21. The average Bonchev–Trinajstić information content (AvgIpc) is 2.27.